The van der Waals surface area contributed by atoms with Crippen molar-refractivity contribution in [2.45, 2.75) is 18.2 Å². The topological polar surface area (TPSA) is 85.3 Å². The minimum absolute atomic E-state index is 0.0979. The van der Waals surface area contributed by atoms with Crippen molar-refractivity contribution in [1.29, 1.82) is 0 Å². The molecule has 2 aromatic rings. The third-order valence-corrected chi connectivity index (χ3v) is 4.16. The van der Waals surface area contributed by atoms with Crippen molar-refractivity contribution in [3.63, 3.8) is 0 Å². The lowest BCUT2D eigenvalue weighted by Crippen LogP contribution is -2.22. The fourth-order valence-corrected chi connectivity index (χ4v) is 2.65. The Kier molecular flexibility index (Phi) is 4.26. The number of benzene rings is 1. The standard InChI is InChI=1S/C12H13ClN2O3S/c13-11-4-2-1-3-9(11)8-15-19(16,17)12-6-5-10(7-14)18-12/h1-6,15H,7-8,14H2. The first kappa shape index (κ1) is 14.1. The van der Waals surface area contributed by atoms with E-state index < -0.39 is 10.0 Å². The quantitative estimate of drug-likeness (QED) is 0.882. The summed E-state index contributed by atoms with van der Waals surface area (Å²) in [5, 5.41) is 0.354. The Morgan fingerprint density at radius 2 is 1.95 bits per heavy atom. The van der Waals surface area contributed by atoms with Gasteiger partial charge in [-0.3, -0.25) is 0 Å². The highest BCUT2D eigenvalue weighted by Crippen LogP contribution is 2.17. The molecule has 2 rings (SSSR count). The number of halogens is 1. The van der Waals surface area contributed by atoms with Crippen LogP contribution >= 0.6 is 11.6 Å². The molecule has 0 bridgehead atoms. The minimum Gasteiger partial charge on any atom is -0.447 e. The number of sulfonamides is 1. The predicted octanol–water partition coefficient (Wildman–Crippen LogP) is 1.87. The SMILES string of the molecule is NCc1ccc(S(=O)(=O)NCc2ccccc2Cl)o1. The van der Waals surface area contributed by atoms with Crippen LogP contribution in [0.1, 0.15) is 11.3 Å². The molecular formula is C12H13ClN2O3S. The van der Waals surface area contributed by atoms with Crippen LogP contribution in [0, 0.1) is 0 Å². The summed E-state index contributed by atoms with van der Waals surface area (Å²) < 4.78 is 31.4. The van der Waals surface area contributed by atoms with Crippen molar-refractivity contribution in [3.8, 4) is 0 Å². The van der Waals surface area contributed by atoms with Gasteiger partial charge < -0.3 is 10.2 Å². The van der Waals surface area contributed by atoms with Gasteiger partial charge in [-0.25, -0.2) is 13.1 Å². The lowest BCUT2D eigenvalue weighted by Gasteiger charge is -2.05. The van der Waals surface area contributed by atoms with E-state index in [0.29, 0.717) is 16.3 Å². The Morgan fingerprint density at radius 1 is 1.21 bits per heavy atom. The van der Waals surface area contributed by atoms with E-state index in [2.05, 4.69) is 4.72 Å². The molecule has 0 saturated heterocycles. The van der Waals surface area contributed by atoms with Gasteiger partial charge in [-0.2, -0.15) is 0 Å². The van der Waals surface area contributed by atoms with E-state index in [4.69, 9.17) is 21.8 Å². The molecular weight excluding hydrogens is 288 g/mol. The number of nitrogens with one attached hydrogen (secondary N) is 1. The van der Waals surface area contributed by atoms with Crippen LogP contribution < -0.4 is 10.5 Å². The molecule has 3 N–H and O–H groups in total. The van der Waals surface area contributed by atoms with E-state index in [1.807, 2.05) is 0 Å². The molecule has 0 atom stereocenters. The molecule has 0 spiro atoms. The van der Waals surface area contributed by atoms with Crippen molar-refractivity contribution in [1.82, 2.24) is 4.72 Å². The normalized spacial score (nSPS) is 11.7. The van der Waals surface area contributed by atoms with Gasteiger partial charge >= 0.3 is 0 Å². The van der Waals surface area contributed by atoms with Crippen molar-refractivity contribution in [2.24, 2.45) is 5.73 Å². The monoisotopic (exact) mass is 300 g/mol. The fourth-order valence-electron chi connectivity index (χ4n) is 1.50. The second kappa shape index (κ2) is 5.75. The zero-order valence-corrected chi connectivity index (χ0v) is 11.5. The molecule has 0 radical (unpaired) electrons. The smallest absolute Gasteiger partial charge is 0.274 e. The highest BCUT2D eigenvalue weighted by molar-refractivity contribution is 7.89. The van der Waals surface area contributed by atoms with Crippen molar-refractivity contribution in [3.05, 3.63) is 52.7 Å². The zero-order valence-electron chi connectivity index (χ0n) is 9.97. The summed E-state index contributed by atoms with van der Waals surface area (Å²) in [6.07, 6.45) is 0. The second-order valence-electron chi connectivity index (χ2n) is 3.84. The summed E-state index contributed by atoms with van der Waals surface area (Å²) in [5.41, 5.74) is 6.06. The van der Waals surface area contributed by atoms with Gasteiger partial charge in [0.2, 0.25) is 5.09 Å². The van der Waals surface area contributed by atoms with Gasteiger partial charge in [0.25, 0.3) is 10.0 Å². The molecule has 0 aliphatic rings. The van der Waals surface area contributed by atoms with E-state index in [1.165, 1.54) is 12.1 Å². The number of hydrogen-bond donors (Lipinski definition) is 2. The molecule has 5 nitrogen and oxygen atoms in total. The summed E-state index contributed by atoms with van der Waals surface area (Å²) >= 11 is 5.95. The summed E-state index contributed by atoms with van der Waals surface area (Å²) in [6, 6.07) is 9.92. The molecule has 0 saturated carbocycles. The fraction of sp³-hybridized carbons (Fsp3) is 0.167. The first-order chi connectivity index (χ1) is 9.03. The van der Waals surface area contributed by atoms with Gasteiger partial charge in [0.15, 0.2) is 0 Å². The van der Waals surface area contributed by atoms with Crippen molar-refractivity contribution < 1.29 is 12.8 Å². The van der Waals surface area contributed by atoms with Gasteiger partial charge in [0.1, 0.15) is 5.76 Å². The molecule has 0 unspecified atom stereocenters. The lowest BCUT2D eigenvalue weighted by molar-refractivity contribution is 0.413. The number of hydrogen-bond acceptors (Lipinski definition) is 4. The highest BCUT2D eigenvalue weighted by Gasteiger charge is 2.18. The molecule has 1 aromatic carbocycles. The van der Waals surface area contributed by atoms with Gasteiger partial charge in [-0.05, 0) is 23.8 Å². The van der Waals surface area contributed by atoms with E-state index in [9.17, 15) is 8.42 Å². The molecule has 7 heteroatoms. The van der Waals surface area contributed by atoms with Crippen LogP contribution in [0.5, 0.6) is 0 Å². The first-order valence-corrected chi connectivity index (χ1v) is 7.41. The van der Waals surface area contributed by atoms with Crippen LogP contribution in [0.4, 0.5) is 0 Å². The van der Waals surface area contributed by atoms with Crippen molar-refractivity contribution >= 4 is 21.6 Å². The second-order valence-corrected chi connectivity index (χ2v) is 5.95. The zero-order chi connectivity index (χ0) is 13.9. The van der Waals surface area contributed by atoms with Crippen molar-refractivity contribution in [2.75, 3.05) is 0 Å². The molecule has 0 fully saturated rings. The molecule has 0 aliphatic heterocycles. The minimum atomic E-state index is -3.70. The van der Waals surface area contributed by atoms with E-state index in [-0.39, 0.29) is 18.2 Å². The summed E-state index contributed by atoms with van der Waals surface area (Å²) in [4.78, 5) is 0. The van der Waals surface area contributed by atoms with Crippen LogP contribution in [0.3, 0.4) is 0 Å². The maximum atomic E-state index is 12.0. The summed E-state index contributed by atoms with van der Waals surface area (Å²) in [6.45, 7) is 0.251. The largest absolute Gasteiger partial charge is 0.447 e. The van der Waals surface area contributed by atoms with Gasteiger partial charge in [0.05, 0.1) is 6.54 Å². The Labute approximate surface area is 116 Å². The van der Waals surface area contributed by atoms with E-state index in [0.717, 1.165) is 0 Å². The van der Waals surface area contributed by atoms with Crippen LogP contribution in [-0.2, 0) is 23.1 Å². The molecule has 102 valence electrons. The average molecular weight is 301 g/mol. The molecule has 0 aliphatic carbocycles. The van der Waals surface area contributed by atoms with Crippen LogP contribution in [-0.4, -0.2) is 8.42 Å². The van der Waals surface area contributed by atoms with Crippen LogP contribution in [0.2, 0.25) is 5.02 Å². The third kappa shape index (κ3) is 3.36. The van der Waals surface area contributed by atoms with E-state index >= 15 is 0 Å². The first-order valence-electron chi connectivity index (χ1n) is 5.55. The van der Waals surface area contributed by atoms with Gasteiger partial charge in [0, 0.05) is 11.6 Å². The number of nitrogens with two attached hydrogens (primary N) is 1. The molecule has 19 heavy (non-hydrogen) atoms. The summed E-state index contributed by atoms with van der Waals surface area (Å²) in [7, 11) is -3.70. The molecule has 1 aromatic heterocycles. The Bertz CT molecular complexity index is 667. The van der Waals surface area contributed by atoms with E-state index in [1.54, 1.807) is 24.3 Å². The lowest BCUT2D eigenvalue weighted by atomic mass is 10.2. The maximum absolute atomic E-state index is 12.0. The number of furan rings is 1. The van der Waals surface area contributed by atoms with Crippen LogP contribution in [0.15, 0.2) is 45.9 Å². The molecule has 1 heterocycles. The summed E-state index contributed by atoms with van der Waals surface area (Å²) in [5.74, 6) is 0.415. The maximum Gasteiger partial charge on any atom is 0.274 e. The Balaban J connectivity index is 2.12. The third-order valence-electron chi connectivity index (χ3n) is 2.51. The highest BCUT2D eigenvalue weighted by atomic mass is 35.5. The molecule has 0 amide bonds. The Hall–Kier alpha value is -1.34. The average Bonchev–Trinajstić information content (AvgIpc) is 2.87. The Morgan fingerprint density at radius 3 is 2.58 bits per heavy atom. The van der Waals surface area contributed by atoms with Crippen LogP contribution in [0.25, 0.3) is 0 Å². The van der Waals surface area contributed by atoms with Gasteiger partial charge in [-0.15, -0.1) is 0 Å². The number of rotatable bonds is 5. The van der Waals surface area contributed by atoms with Gasteiger partial charge in [-0.1, -0.05) is 29.8 Å². The predicted molar refractivity (Wildman–Crippen MR) is 72.1 cm³/mol.